The van der Waals surface area contributed by atoms with Crippen LogP contribution in [0.3, 0.4) is 0 Å². The van der Waals surface area contributed by atoms with Crippen LogP contribution in [0.2, 0.25) is 0 Å². The second-order valence-electron chi connectivity index (χ2n) is 8.09. The van der Waals surface area contributed by atoms with E-state index in [-0.39, 0.29) is 16.1 Å². The van der Waals surface area contributed by atoms with E-state index in [1.165, 1.54) is 4.90 Å². The highest BCUT2D eigenvalue weighted by molar-refractivity contribution is 7.80. The molecular formula is C23H25N3O3S. The van der Waals surface area contributed by atoms with Gasteiger partial charge in [0.1, 0.15) is 17.1 Å². The molecule has 2 aromatic carbocycles. The molecular weight excluding hydrogens is 398 g/mol. The molecule has 0 aliphatic carbocycles. The zero-order valence-electron chi connectivity index (χ0n) is 17.5. The Bertz CT molecular complexity index is 983. The van der Waals surface area contributed by atoms with Gasteiger partial charge in [0, 0.05) is 6.54 Å². The van der Waals surface area contributed by atoms with Gasteiger partial charge in [0.05, 0.1) is 5.69 Å². The number of carbonyl (C=O) groups excluding carboxylic acids is 2. The number of anilines is 1. The van der Waals surface area contributed by atoms with Gasteiger partial charge in [-0.2, -0.15) is 0 Å². The first-order valence-electron chi connectivity index (χ1n) is 9.57. The largest absolute Gasteiger partial charge is 0.457 e. The summed E-state index contributed by atoms with van der Waals surface area (Å²) >= 11 is 5.27. The van der Waals surface area contributed by atoms with Gasteiger partial charge in [0.2, 0.25) is 0 Å². The van der Waals surface area contributed by atoms with Crippen LogP contribution < -0.4 is 15.0 Å². The second-order valence-corrected chi connectivity index (χ2v) is 8.48. The Morgan fingerprint density at radius 3 is 2.23 bits per heavy atom. The van der Waals surface area contributed by atoms with E-state index in [1.807, 2.05) is 63.2 Å². The van der Waals surface area contributed by atoms with E-state index in [9.17, 15) is 9.59 Å². The van der Waals surface area contributed by atoms with Crippen molar-refractivity contribution in [2.75, 3.05) is 25.5 Å². The number of ether oxygens (including phenoxy) is 1. The predicted octanol–water partition coefficient (Wildman–Crippen LogP) is 3.74. The maximum absolute atomic E-state index is 13.2. The highest BCUT2D eigenvalue weighted by atomic mass is 32.1. The van der Waals surface area contributed by atoms with Crippen LogP contribution in [0.25, 0.3) is 0 Å². The number of thiocarbonyl (C=S) groups is 1. The molecule has 1 heterocycles. The average Bonchev–Trinajstić information content (AvgIpc) is 2.66. The minimum atomic E-state index is -0.475. The maximum atomic E-state index is 13.2. The molecule has 1 saturated heterocycles. The lowest BCUT2D eigenvalue weighted by Crippen LogP contribution is -2.54. The minimum absolute atomic E-state index is 0.0595. The van der Waals surface area contributed by atoms with Crippen molar-refractivity contribution in [2.24, 2.45) is 5.41 Å². The van der Waals surface area contributed by atoms with Crippen LogP contribution >= 0.6 is 12.2 Å². The summed E-state index contributed by atoms with van der Waals surface area (Å²) in [7, 11) is 3.90. The summed E-state index contributed by atoms with van der Waals surface area (Å²) in [5.74, 6) is 0.437. The van der Waals surface area contributed by atoms with Gasteiger partial charge in [-0.15, -0.1) is 0 Å². The van der Waals surface area contributed by atoms with Crippen molar-refractivity contribution in [3.05, 3.63) is 66.2 Å². The summed E-state index contributed by atoms with van der Waals surface area (Å²) < 4.78 is 5.79. The van der Waals surface area contributed by atoms with Crippen LogP contribution in [0.15, 0.2) is 66.2 Å². The normalized spacial score (nSPS) is 16.2. The maximum Gasteiger partial charge on any atom is 0.269 e. The molecule has 6 nitrogen and oxygen atoms in total. The van der Waals surface area contributed by atoms with Crippen molar-refractivity contribution in [3.63, 3.8) is 0 Å². The Balaban J connectivity index is 1.85. The molecule has 0 unspecified atom stereocenters. The number of nitrogens with zero attached hydrogens (tertiary/aromatic N) is 2. The SMILES string of the molecule is CN(C)CC(C)(C)C=C1C(=O)NC(=S)N(c2ccc(Oc3ccccc3)cc2)C1=O. The fourth-order valence-electron chi connectivity index (χ4n) is 3.43. The lowest BCUT2D eigenvalue weighted by atomic mass is 9.89. The molecule has 1 aliphatic heterocycles. The zero-order valence-corrected chi connectivity index (χ0v) is 18.3. The number of para-hydroxylation sites is 1. The standard InChI is InChI=1S/C23H25N3O3S/c1-23(2,15-25(3)4)14-19-20(27)24-22(30)26(21(19)28)16-10-12-18(13-11-16)29-17-8-6-5-7-9-17/h5-14H,15H2,1-4H3,(H,24,27,30). The molecule has 2 aromatic rings. The lowest BCUT2D eigenvalue weighted by Gasteiger charge is -2.31. The molecule has 3 rings (SSSR count). The summed E-state index contributed by atoms with van der Waals surface area (Å²) in [6, 6.07) is 16.4. The van der Waals surface area contributed by atoms with Crippen LogP contribution in [-0.2, 0) is 9.59 Å². The zero-order chi connectivity index (χ0) is 21.9. The Kier molecular flexibility index (Phi) is 6.34. The first-order valence-corrected chi connectivity index (χ1v) is 9.97. The monoisotopic (exact) mass is 423 g/mol. The van der Waals surface area contributed by atoms with Gasteiger partial charge in [-0.05, 0) is 68.1 Å². The average molecular weight is 424 g/mol. The van der Waals surface area contributed by atoms with Gasteiger partial charge < -0.3 is 9.64 Å². The van der Waals surface area contributed by atoms with Gasteiger partial charge in [-0.3, -0.25) is 19.8 Å². The van der Waals surface area contributed by atoms with Gasteiger partial charge in [0.15, 0.2) is 5.11 Å². The third-order valence-corrected chi connectivity index (χ3v) is 4.72. The predicted molar refractivity (Wildman–Crippen MR) is 122 cm³/mol. The van der Waals surface area contributed by atoms with Gasteiger partial charge in [-0.1, -0.05) is 38.1 Å². The molecule has 156 valence electrons. The Morgan fingerprint density at radius 1 is 1.03 bits per heavy atom. The van der Waals surface area contributed by atoms with Crippen molar-refractivity contribution >= 4 is 34.8 Å². The fraction of sp³-hybridized carbons (Fsp3) is 0.261. The molecule has 0 radical (unpaired) electrons. The summed E-state index contributed by atoms with van der Waals surface area (Å²) in [6.07, 6.45) is 1.71. The third-order valence-electron chi connectivity index (χ3n) is 4.43. The van der Waals surface area contributed by atoms with Crippen LogP contribution in [0.4, 0.5) is 5.69 Å². The Morgan fingerprint density at radius 2 is 1.63 bits per heavy atom. The van der Waals surface area contributed by atoms with E-state index in [0.717, 1.165) is 5.75 Å². The smallest absolute Gasteiger partial charge is 0.269 e. The van der Waals surface area contributed by atoms with Crippen LogP contribution in [0.1, 0.15) is 13.8 Å². The third kappa shape index (κ3) is 5.11. The molecule has 0 bridgehead atoms. The second kappa shape index (κ2) is 8.77. The van der Waals surface area contributed by atoms with Crippen molar-refractivity contribution in [3.8, 4) is 11.5 Å². The first kappa shape index (κ1) is 21.7. The highest BCUT2D eigenvalue weighted by Crippen LogP contribution is 2.28. The topological polar surface area (TPSA) is 61.9 Å². The summed E-state index contributed by atoms with van der Waals surface area (Å²) in [5.41, 5.74) is 0.269. The van der Waals surface area contributed by atoms with Crippen LogP contribution in [-0.4, -0.2) is 42.5 Å². The Labute approximate surface area is 182 Å². The van der Waals surface area contributed by atoms with Crippen molar-refractivity contribution in [1.82, 2.24) is 10.2 Å². The highest BCUT2D eigenvalue weighted by Gasteiger charge is 2.36. The summed E-state index contributed by atoms with van der Waals surface area (Å²) in [6.45, 7) is 4.65. The molecule has 1 N–H and O–H groups in total. The summed E-state index contributed by atoms with van der Waals surface area (Å²) in [5, 5.41) is 2.68. The molecule has 0 aromatic heterocycles. The first-order chi connectivity index (χ1) is 14.2. The molecule has 30 heavy (non-hydrogen) atoms. The number of rotatable bonds is 6. The number of carbonyl (C=O) groups is 2. The number of amides is 2. The van der Waals surface area contributed by atoms with Gasteiger partial charge >= 0.3 is 0 Å². The van der Waals surface area contributed by atoms with E-state index in [1.54, 1.807) is 30.3 Å². The van der Waals surface area contributed by atoms with E-state index in [2.05, 4.69) is 5.32 Å². The molecule has 7 heteroatoms. The van der Waals surface area contributed by atoms with Crippen molar-refractivity contribution in [1.29, 1.82) is 0 Å². The van der Waals surface area contributed by atoms with Crippen LogP contribution in [0.5, 0.6) is 11.5 Å². The number of hydrogen-bond donors (Lipinski definition) is 1. The molecule has 1 aliphatic rings. The minimum Gasteiger partial charge on any atom is -0.457 e. The molecule has 0 saturated carbocycles. The van der Waals surface area contributed by atoms with Crippen molar-refractivity contribution in [2.45, 2.75) is 13.8 Å². The van der Waals surface area contributed by atoms with Crippen LogP contribution in [0, 0.1) is 5.41 Å². The molecule has 0 atom stereocenters. The number of nitrogens with one attached hydrogen (secondary N) is 1. The number of hydrogen-bond acceptors (Lipinski definition) is 5. The van der Waals surface area contributed by atoms with E-state index in [4.69, 9.17) is 17.0 Å². The lowest BCUT2D eigenvalue weighted by molar-refractivity contribution is -0.122. The summed E-state index contributed by atoms with van der Waals surface area (Å²) in [4.78, 5) is 29.0. The van der Waals surface area contributed by atoms with E-state index in [0.29, 0.717) is 18.0 Å². The molecule has 1 fully saturated rings. The number of benzene rings is 2. The molecule has 0 spiro atoms. The molecule has 2 amide bonds. The van der Waals surface area contributed by atoms with E-state index < -0.39 is 11.8 Å². The van der Waals surface area contributed by atoms with Gasteiger partial charge in [0.25, 0.3) is 11.8 Å². The quantitative estimate of drug-likeness (QED) is 0.436. The van der Waals surface area contributed by atoms with Gasteiger partial charge in [-0.25, -0.2) is 0 Å². The van der Waals surface area contributed by atoms with E-state index >= 15 is 0 Å². The fourth-order valence-corrected chi connectivity index (χ4v) is 3.71. The Hall–Kier alpha value is -3.03. The van der Waals surface area contributed by atoms with Crippen molar-refractivity contribution < 1.29 is 14.3 Å².